The number of aryl methyl sites for hydroxylation is 1. The molecule has 0 aliphatic carbocycles. The molecular weight excluding hydrogens is 224 g/mol. The van der Waals surface area contributed by atoms with Crippen molar-refractivity contribution in [3.05, 3.63) is 41.2 Å². The van der Waals surface area contributed by atoms with Crippen LogP contribution in [0.5, 0.6) is 0 Å². The van der Waals surface area contributed by atoms with Crippen LogP contribution in [-0.2, 0) is 13.6 Å². The van der Waals surface area contributed by atoms with Gasteiger partial charge in [-0.05, 0) is 12.1 Å². The average Bonchev–Trinajstić information content (AvgIpc) is 2.59. The highest BCUT2D eigenvalue weighted by molar-refractivity contribution is 6.30. The Morgan fingerprint density at radius 3 is 2.81 bits per heavy atom. The van der Waals surface area contributed by atoms with Crippen molar-refractivity contribution >= 4 is 23.0 Å². The summed E-state index contributed by atoms with van der Waals surface area (Å²) in [4.78, 5) is 0. The molecule has 0 radical (unpaired) electrons. The van der Waals surface area contributed by atoms with Gasteiger partial charge in [0.2, 0.25) is 0 Å². The van der Waals surface area contributed by atoms with E-state index >= 15 is 0 Å². The minimum atomic E-state index is 0.612. The third kappa shape index (κ3) is 2.12. The Bertz CT molecular complexity index is 492. The van der Waals surface area contributed by atoms with Gasteiger partial charge in [-0.25, -0.2) is 0 Å². The number of para-hydroxylation sites is 2. The summed E-state index contributed by atoms with van der Waals surface area (Å²) in [5.74, 6) is 0. The number of rotatable bonds is 3. The first-order chi connectivity index (χ1) is 7.68. The van der Waals surface area contributed by atoms with Crippen molar-refractivity contribution in [1.29, 1.82) is 0 Å². The second kappa shape index (κ2) is 4.45. The number of nitrogen functional groups attached to an aromatic ring is 1. The van der Waals surface area contributed by atoms with Gasteiger partial charge in [-0.2, -0.15) is 5.10 Å². The van der Waals surface area contributed by atoms with Crippen LogP contribution < -0.4 is 11.1 Å². The highest BCUT2D eigenvalue weighted by atomic mass is 35.5. The van der Waals surface area contributed by atoms with E-state index in [1.807, 2.05) is 31.3 Å². The normalized spacial score (nSPS) is 10.4. The van der Waals surface area contributed by atoms with Crippen molar-refractivity contribution in [3.63, 3.8) is 0 Å². The molecule has 4 nitrogen and oxygen atoms in total. The minimum Gasteiger partial charge on any atom is -0.397 e. The Labute approximate surface area is 99.0 Å². The van der Waals surface area contributed by atoms with Crippen molar-refractivity contribution in [2.75, 3.05) is 11.1 Å². The van der Waals surface area contributed by atoms with Crippen LogP contribution in [0.4, 0.5) is 11.4 Å². The lowest BCUT2D eigenvalue weighted by Gasteiger charge is -2.07. The Balaban J connectivity index is 2.08. The maximum atomic E-state index is 6.04. The quantitative estimate of drug-likeness (QED) is 0.804. The molecule has 1 aromatic heterocycles. The fourth-order valence-corrected chi connectivity index (χ4v) is 1.59. The third-order valence-electron chi connectivity index (χ3n) is 2.37. The van der Waals surface area contributed by atoms with Crippen molar-refractivity contribution in [3.8, 4) is 0 Å². The maximum absolute atomic E-state index is 6.04. The molecule has 0 saturated heterocycles. The lowest BCUT2D eigenvalue weighted by Crippen LogP contribution is -2.02. The van der Waals surface area contributed by atoms with E-state index in [9.17, 15) is 0 Å². The van der Waals surface area contributed by atoms with Gasteiger partial charge in [-0.3, -0.25) is 4.68 Å². The molecule has 0 aliphatic rings. The second-order valence-corrected chi connectivity index (χ2v) is 3.88. The van der Waals surface area contributed by atoms with Gasteiger partial charge < -0.3 is 11.1 Å². The summed E-state index contributed by atoms with van der Waals surface area (Å²) in [6.07, 6.45) is 1.74. The Kier molecular flexibility index (Phi) is 3.01. The van der Waals surface area contributed by atoms with Gasteiger partial charge in [0.05, 0.1) is 17.6 Å². The molecule has 5 heteroatoms. The van der Waals surface area contributed by atoms with E-state index in [2.05, 4.69) is 10.4 Å². The van der Waals surface area contributed by atoms with Gasteiger partial charge in [0.15, 0.2) is 0 Å². The molecule has 0 bridgehead atoms. The summed E-state index contributed by atoms with van der Waals surface area (Å²) in [5.41, 5.74) is 8.39. The number of hydrogen-bond donors (Lipinski definition) is 2. The number of hydrogen-bond acceptors (Lipinski definition) is 3. The lowest BCUT2D eigenvalue weighted by atomic mass is 10.2. The number of halogens is 1. The summed E-state index contributed by atoms with van der Waals surface area (Å²) >= 11 is 6.04. The van der Waals surface area contributed by atoms with Crippen LogP contribution >= 0.6 is 11.6 Å². The molecule has 0 fully saturated rings. The first-order valence-electron chi connectivity index (χ1n) is 4.93. The molecule has 0 saturated carbocycles. The van der Waals surface area contributed by atoms with Crippen LogP contribution in [0.1, 0.15) is 5.56 Å². The number of nitrogens with two attached hydrogens (primary N) is 1. The number of benzene rings is 1. The van der Waals surface area contributed by atoms with Gasteiger partial charge in [-0.1, -0.05) is 23.7 Å². The van der Waals surface area contributed by atoms with E-state index in [0.717, 1.165) is 16.9 Å². The molecule has 0 spiro atoms. The first kappa shape index (κ1) is 10.8. The molecule has 0 atom stereocenters. The molecule has 2 aromatic rings. The summed E-state index contributed by atoms with van der Waals surface area (Å²) < 4.78 is 1.63. The van der Waals surface area contributed by atoms with Crippen LogP contribution in [0.25, 0.3) is 0 Å². The zero-order chi connectivity index (χ0) is 11.5. The van der Waals surface area contributed by atoms with E-state index in [0.29, 0.717) is 11.7 Å². The van der Waals surface area contributed by atoms with Gasteiger partial charge in [-0.15, -0.1) is 0 Å². The van der Waals surface area contributed by atoms with Crippen LogP contribution in [0, 0.1) is 0 Å². The smallest absolute Gasteiger partial charge is 0.131 e. The standard InChI is InChI=1S/C11H13ClN4/c1-16-11(12)8(7-15-16)6-14-10-5-3-2-4-9(10)13/h2-5,7,14H,6,13H2,1H3. The average molecular weight is 237 g/mol. The molecule has 16 heavy (non-hydrogen) atoms. The predicted octanol–water partition coefficient (Wildman–Crippen LogP) is 2.27. The van der Waals surface area contributed by atoms with Crippen molar-refractivity contribution in [2.24, 2.45) is 7.05 Å². The Hall–Kier alpha value is -1.68. The van der Waals surface area contributed by atoms with Gasteiger partial charge in [0.25, 0.3) is 0 Å². The molecule has 0 amide bonds. The van der Waals surface area contributed by atoms with Gasteiger partial charge in [0, 0.05) is 19.2 Å². The van der Waals surface area contributed by atoms with Crippen LogP contribution in [-0.4, -0.2) is 9.78 Å². The molecule has 84 valence electrons. The topological polar surface area (TPSA) is 55.9 Å². The fraction of sp³-hybridized carbons (Fsp3) is 0.182. The zero-order valence-corrected chi connectivity index (χ0v) is 9.70. The third-order valence-corrected chi connectivity index (χ3v) is 2.85. The summed E-state index contributed by atoms with van der Waals surface area (Å²) in [6, 6.07) is 7.62. The van der Waals surface area contributed by atoms with Gasteiger partial charge in [0.1, 0.15) is 5.15 Å². The number of aromatic nitrogens is 2. The molecule has 0 aliphatic heterocycles. The van der Waals surface area contributed by atoms with E-state index in [1.54, 1.807) is 10.9 Å². The molecule has 1 aromatic carbocycles. The Morgan fingerprint density at radius 1 is 1.44 bits per heavy atom. The largest absolute Gasteiger partial charge is 0.397 e. The highest BCUT2D eigenvalue weighted by Gasteiger charge is 2.05. The SMILES string of the molecule is Cn1ncc(CNc2ccccc2N)c1Cl. The lowest BCUT2D eigenvalue weighted by molar-refractivity contribution is 0.768. The van der Waals surface area contributed by atoms with Crippen molar-refractivity contribution in [2.45, 2.75) is 6.54 Å². The second-order valence-electron chi connectivity index (χ2n) is 3.53. The monoisotopic (exact) mass is 236 g/mol. The van der Waals surface area contributed by atoms with Crippen LogP contribution in [0.2, 0.25) is 5.15 Å². The number of nitrogens with zero attached hydrogens (tertiary/aromatic N) is 2. The van der Waals surface area contributed by atoms with Gasteiger partial charge >= 0.3 is 0 Å². The van der Waals surface area contributed by atoms with E-state index in [-0.39, 0.29) is 0 Å². The molecule has 3 N–H and O–H groups in total. The van der Waals surface area contributed by atoms with Crippen LogP contribution in [0.3, 0.4) is 0 Å². The van der Waals surface area contributed by atoms with Crippen molar-refractivity contribution < 1.29 is 0 Å². The van der Waals surface area contributed by atoms with E-state index in [4.69, 9.17) is 17.3 Å². The predicted molar refractivity (Wildman–Crippen MR) is 66.4 cm³/mol. The number of nitrogens with one attached hydrogen (secondary N) is 1. The molecule has 0 unspecified atom stereocenters. The maximum Gasteiger partial charge on any atom is 0.131 e. The van der Waals surface area contributed by atoms with E-state index < -0.39 is 0 Å². The first-order valence-corrected chi connectivity index (χ1v) is 5.31. The van der Waals surface area contributed by atoms with Crippen LogP contribution in [0.15, 0.2) is 30.5 Å². The summed E-state index contributed by atoms with van der Waals surface area (Å²) in [7, 11) is 1.81. The summed E-state index contributed by atoms with van der Waals surface area (Å²) in [5, 5.41) is 7.93. The number of anilines is 2. The van der Waals surface area contributed by atoms with E-state index in [1.165, 1.54) is 0 Å². The Morgan fingerprint density at radius 2 is 2.19 bits per heavy atom. The molecule has 2 rings (SSSR count). The highest BCUT2D eigenvalue weighted by Crippen LogP contribution is 2.20. The fourth-order valence-electron chi connectivity index (χ4n) is 1.44. The minimum absolute atomic E-state index is 0.612. The molecular formula is C11H13ClN4. The summed E-state index contributed by atoms with van der Waals surface area (Å²) in [6.45, 7) is 0.612. The zero-order valence-electron chi connectivity index (χ0n) is 8.94. The molecule has 1 heterocycles. The van der Waals surface area contributed by atoms with Crippen molar-refractivity contribution in [1.82, 2.24) is 9.78 Å².